The number of aromatic nitrogens is 5. The van der Waals surface area contributed by atoms with Gasteiger partial charge in [-0.2, -0.15) is 4.68 Å². The van der Waals surface area contributed by atoms with Crippen LogP contribution in [0.2, 0.25) is 0 Å². The van der Waals surface area contributed by atoms with Crippen molar-refractivity contribution in [2.75, 3.05) is 0 Å². The maximum absolute atomic E-state index is 8.92. The van der Waals surface area contributed by atoms with E-state index in [1.54, 1.807) is 4.68 Å². The summed E-state index contributed by atoms with van der Waals surface area (Å²) in [6.45, 7) is -0.107. The Morgan fingerprint density at radius 3 is 2.88 bits per heavy atom. The van der Waals surface area contributed by atoms with Crippen molar-refractivity contribution in [2.24, 2.45) is 0 Å². The molecule has 0 spiro atoms. The summed E-state index contributed by atoms with van der Waals surface area (Å²) in [4.78, 5) is 0. The summed E-state index contributed by atoms with van der Waals surface area (Å²) in [5, 5.41) is 25.9. The number of hydrogen-bond donors (Lipinski definition) is 1. The topological polar surface area (TPSA) is 76.7 Å². The monoisotopic (exact) mass is 233 g/mol. The van der Waals surface area contributed by atoms with Gasteiger partial charge in [0.2, 0.25) is 5.13 Å². The molecule has 3 rings (SSSR count). The van der Waals surface area contributed by atoms with E-state index in [2.05, 4.69) is 20.5 Å². The van der Waals surface area contributed by atoms with Gasteiger partial charge in [-0.1, -0.05) is 28.7 Å². The summed E-state index contributed by atoms with van der Waals surface area (Å²) in [5.74, 6) is 0. The summed E-state index contributed by atoms with van der Waals surface area (Å²) < 4.78 is 1.62. The van der Waals surface area contributed by atoms with Crippen molar-refractivity contribution >= 4 is 22.4 Å². The number of benzene rings is 1. The highest BCUT2D eigenvalue weighted by molar-refractivity contribution is 7.13. The van der Waals surface area contributed by atoms with Crippen LogP contribution >= 0.6 is 11.3 Å². The van der Waals surface area contributed by atoms with Crippen LogP contribution in [0.4, 0.5) is 0 Å². The number of aliphatic hydroxyl groups is 1. The highest BCUT2D eigenvalue weighted by Gasteiger charge is 2.10. The van der Waals surface area contributed by atoms with Crippen LogP contribution in [0.15, 0.2) is 24.3 Å². The molecule has 3 aromatic rings. The molecule has 2 aromatic heterocycles. The highest BCUT2D eigenvalue weighted by Crippen LogP contribution is 2.18. The fourth-order valence-corrected chi connectivity index (χ4v) is 2.06. The van der Waals surface area contributed by atoms with E-state index >= 15 is 0 Å². The lowest BCUT2D eigenvalue weighted by Gasteiger charge is -1.93. The molecule has 16 heavy (non-hydrogen) atoms. The molecule has 2 heterocycles. The first-order valence-electron chi connectivity index (χ1n) is 4.62. The van der Waals surface area contributed by atoms with E-state index in [-0.39, 0.29) is 6.61 Å². The number of rotatable bonds is 2. The second-order valence-electron chi connectivity index (χ2n) is 3.13. The van der Waals surface area contributed by atoms with E-state index < -0.39 is 0 Å². The number of para-hydroxylation sites is 1. The summed E-state index contributed by atoms with van der Waals surface area (Å²) in [5.41, 5.74) is 1.69. The first kappa shape index (κ1) is 9.37. The molecule has 0 aliphatic heterocycles. The minimum Gasteiger partial charge on any atom is -0.389 e. The highest BCUT2D eigenvalue weighted by atomic mass is 32.1. The third kappa shape index (κ3) is 1.37. The van der Waals surface area contributed by atoms with Gasteiger partial charge in [0.1, 0.15) is 10.5 Å². The Hall–Kier alpha value is -1.86. The molecule has 0 atom stereocenters. The summed E-state index contributed by atoms with van der Waals surface area (Å²) in [6, 6.07) is 7.61. The van der Waals surface area contributed by atoms with Crippen molar-refractivity contribution in [3.8, 4) is 5.13 Å². The second kappa shape index (κ2) is 3.62. The predicted molar refractivity (Wildman–Crippen MR) is 58.3 cm³/mol. The average molecular weight is 233 g/mol. The maximum Gasteiger partial charge on any atom is 0.234 e. The van der Waals surface area contributed by atoms with E-state index in [0.29, 0.717) is 10.1 Å². The molecule has 7 heteroatoms. The van der Waals surface area contributed by atoms with Crippen molar-refractivity contribution in [1.82, 2.24) is 25.2 Å². The molecule has 1 N–H and O–H groups in total. The van der Waals surface area contributed by atoms with Gasteiger partial charge in [-0.3, -0.25) is 0 Å². The Labute approximate surface area is 94.2 Å². The smallest absolute Gasteiger partial charge is 0.234 e. The molecule has 6 nitrogen and oxygen atoms in total. The van der Waals surface area contributed by atoms with Gasteiger partial charge in [0.15, 0.2) is 0 Å². The summed E-state index contributed by atoms with van der Waals surface area (Å²) in [6.07, 6.45) is 0. The Bertz CT molecular complexity index is 631. The molecular weight excluding hydrogens is 226 g/mol. The Balaban J connectivity index is 2.18. The second-order valence-corrected chi connectivity index (χ2v) is 4.17. The molecule has 0 amide bonds. The van der Waals surface area contributed by atoms with Crippen molar-refractivity contribution in [3.63, 3.8) is 0 Å². The molecule has 0 saturated carbocycles. The van der Waals surface area contributed by atoms with E-state index in [0.717, 1.165) is 11.0 Å². The lowest BCUT2D eigenvalue weighted by molar-refractivity contribution is 0.280. The van der Waals surface area contributed by atoms with Gasteiger partial charge in [0, 0.05) is 0 Å². The Morgan fingerprint density at radius 1 is 1.19 bits per heavy atom. The Morgan fingerprint density at radius 2 is 2.06 bits per heavy atom. The zero-order valence-electron chi connectivity index (χ0n) is 8.11. The zero-order chi connectivity index (χ0) is 11.0. The maximum atomic E-state index is 8.92. The van der Waals surface area contributed by atoms with Crippen LogP contribution in [0.25, 0.3) is 16.2 Å². The first-order valence-corrected chi connectivity index (χ1v) is 5.44. The van der Waals surface area contributed by atoms with Crippen molar-refractivity contribution in [2.45, 2.75) is 6.61 Å². The molecule has 0 aliphatic rings. The molecule has 0 saturated heterocycles. The predicted octanol–water partition coefficient (Wildman–Crippen LogP) is 0.764. The van der Waals surface area contributed by atoms with Gasteiger partial charge in [0.25, 0.3) is 0 Å². The van der Waals surface area contributed by atoms with Crippen LogP contribution in [-0.4, -0.2) is 30.3 Å². The first-order chi connectivity index (χ1) is 7.88. The molecule has 1 aromatic carbocycles. The van der Waals surface area contributed by atoms with E-state index in [9.17, 15) is 0 Å². The van der Waals surface area contributed by atoms with Gasteiger partial charge in [0.05, 0.1) is 12.1 Å². The van der Waals surface area contributed by atoms with Gasteiger partial charge in [-0.25, -0.2) is 0 Å². The fourth-order valence-electron chi connectivity index (χ4n) is 1.40. The third-order valence-electron chi connectivity index (χ3n) is 2.12. The normalized spacial score (nSPS) is 11.1. The number of fused-ring (bicyclic) bond motifs is 1. The van der Waals surface area contributed by atoms with Crippen LogP contribution < -0.4 is 0 Å². The molecule has 0 aliphatic carbocycles. The van der Waals surface area contributed by atoms with E-state index in [4.69, 9.17) is 5.11 Å². The van der Waals surface area contributed by atoms with Crippen LogP contribution in [-0.2, 0) is 6.61 Å². The third-order valence-corrected chi connectivity index (χ3v) is 3.01. The molecule has 0 unspecified atom stereocenters. The standard InChI is InChI=1S/C9H7N5OS/c15-5-8-11-12-9(16-8)14-7-4-2-1-3-6(7)10-13-14/h1-4,15H,5H2. The van der Waals surface area contributed by atoms with Gasteiger partial charge in [-0.15, -0.1) is 15.3 Å². The number of nitrogens with zero attached hydrogens (tertiary/aromatic N) is 5. The molecular formula is C9H7N5OS. The number of hydrogen-bond acceptors (Lipinski definition) is 6. The average Bonchev–Trinajstić information content (AvgIpc) is 2.94. The SMILES string of the molecule is OCc1nnc(-n2nnc3ccccc32)s1. The lowest BCUT2D eigenvalue weighted by atomic mass is 10.3. The quantitative estimate of drug-likeness (QED) is 0.707. The summed E-state index contributed by atoms with van der Waals surface area (Å²) in [7, 11) is 0. The van der Waals surface area contributed by atoms with Gasteiger partial charge < -0.3 is 5.11 Å². The molecule has 80 valence electrons. The largest absolute Gasteiger partial charge is 0.389 e. The summed E-state index contributed by atoms with van der Waals surface area (Å²) >= 11 is 1.29. The number of aliphatic hydroxyl groups excluding tert-OH is 1. The minimum atomic E-state index is -0.107. The minimum absolute atomic E-state index is 0.107. The van der Waals surface area contributed by atoms with E-state index in [1.165, 1.54) is 11.3 Å². The van der Waals surface area contributed by atoms with Gasteiger partial charge in [-0.05, 0) is 12.1 Å². The lowest BCUT2D eigenvalue weighted by Crippen LogP contribution is -1.95. The van der Waals surface area contributed by atoms with Crippen molar-refractivity contribution in [3.05, 3.63) is 29.3 Å². The van der Waals surface area contributed by atoms with E-state index in [1.807, 2.05) is 24.3 Å². The van der Waals surface area contributed by atoms with Crippen LogP contribution in [0, 0.1) is 0 Å². The zero-order valence-corrected chi connectivity index (χ0v) is 8.92. The van der Waals surface area contributed by atoms with Crippen LogP contribution in [0.1, 0.15) is 5.01 Å². The fraction of sp³-hybridized carbons (Fsp3) is 0.111. The van der Waals surface area contributed by atoms with Crippen LogP contribution in [0.3, 0.4) is 0 Å². The van der Waals surface area contributed by atoms with Crippen molar-refractivity contribution < 1.29 is 5.11 Å². The molecule has 0 fully saturated rings. The molecule has 0 bridgehead atoms. The molecule has 0 radical (unpaired) electrons. The Kier molecular flexibility index (Phi) is 2.12. The van der Waals surface area contributed by atoms with Gasteiger partial charge >= 0.3 is 0 Å². The van der Waals surface area contributed by atoms with Crippen LogP contribution in [0.5, 0.6) is 0 Å². The van der Waals surface area contributed by atoms with Crippen molar-refractivity contribution in [1.29, 1.82) is 0 Å².